The Morgan fingerprint density at radius 1 is 0.457 bits per heavy atom. The highest BCUT2D eigenvalue weighted by Gasteiger charge is 2.44. The molecule has 0 radical (unpaired) electrons. The van der Waals surface area contributed by atoms with Crippen LogP contribution in [0.25, 0.3) is 0 Å². The number of rotatable bonds is 48. The van der Waals surface area contributed by atoms with E-state index in [1.165, 1.54) is 103 Å². The number of esters is 1. The van der Waals surface area contributed by atoms with Gasteiger partial charge in [0.2, 0.25) is 0 Å². The molecule has 402 valence electrons. The second-order valence-electron chi connectivity index (χ2n) is 19.0. The Morgan fingerprint density at radius 2 is 0.829 bits per heavy atom. The van der Waals surface area contributed by atoms with Crippen molar-refractivity contribution in [1.82, 2.24) is 0 Å². The zero-order chi connectivity index (χ0) is 50.6. The van der Waals surface area contributed by atoms with Crippen LogP contribution in [0.1, 0.15) is 219 Å². The van der Waals surface area contributed by atoms with E-state index in [1.54, 1.807) is 0 Å². The number of aliphatic hydroxyl groups excluding tert-OH is 4. The van der Waals surface area contributed by atoms with Crippen LogP contribution in [0.5, 0.6) is 0 Å². The Kier molecular flexibility index (Phi) is 47.5. The smallest absolute Gasteiger partial charge is 0.306 e. The summed E-state index contributed by atoms with van der Waals surface area (Å²) in [5, 5.41) is 40.4. The number of hydrogen-bond donors (Lipinski definition) is 4. The molecule has 1 heterocycles. The quantitative estimate of drug-likeness (QED) is 0.0267. The molecule has 6 atom stereocenters. The van der Waals surface area contributed by atoms with Gasteiger partial charge in [-0.05, 0) is 89.9 Å². The van der Waals surface area contributed by atoms with E-state index < -0.39 is 43.4 Å². The molecule has 1 aliphatic heterocycles. The molecule has 0 amide bonds. The molecule has 4 N–H and O–H groups in total. The van der Waals surface area contributed by atoms with E-state index in [4.69, 9.17) is 18.9 Å². The Bertz CT molecular complexity index is 1390. The van der Waals surface area contributed by atoms with E-state index in [-0.39, 0.29) is 19.2 Å². The van der Waals surface area contributed by atoms with Crippen molar-refractivity contribution in [3.05, 3.63) is 97.2 Å². The second-order valence-corrected chi connectivity index (χ2v) is 19.0. The van der Waals surface area contributed by atoms with Crippen molar-refractivity contribution in [1.29, 1.82) is 0 Å². The monoisotopic (exact) mass is 981 g/mol. The average Bonchev–Trinajstić information content (AvgIpc) is 3.36. The Hall–Kier alpha value is -2.89. The molecule has 0 bridgehead atoms. The first-order valence-corrected chi connectivity index (χ1v) is 28.3. The van der Waals surface area contributed by atoms with Crippen LogP contribution < -0.4 is 0 Å². The SMILES string of the molecule is CC/C=C\C/C=C\C/C=C\C/C=C\CCCCCCCCCCCCCCCOCC(COC1OC(CO)C(O)C(O)C1O)OC(=O)CCCCCCCCCC/C=C\C/C=C\C/C=C\C/C=C\CC. The fourth-order valence-electron chi connectivity index (χ4n) is 8.18. The second kappa shape index (κ2) is 51.0. The van der Waals surface area contributed by atoms with Gasteiger partial charge in [-0.15, -0.1) is 0 Å². The lowest BCUT2D eigenvalue weighted by molar-refractivity contribution is -0.305. The van der Waals surface area contributed by atoms with Crippen LogP contribution in [0.4, 0.5) is 0 Å². The Morgan fingerprint density at radius 3 is 1.24 bits per heavy atom. The molecular formula is C61H104O9. The number of aliphatic hydroxyl groups is 4. The zero-order valence-corrected chi connectivity index (χ0v) is 44.5. The van der Waals surface area contributed by atoms with Crippen LogP contribution >= 0.6 is 0 Å². The van der Waals surface area contributed by atoms with Crippen LogP contribution in [0.2, 0.25) is 0 Å². The first kappa shape index (κ1) is 65.1. The maximum atomic E-state index is 12.9. The average molecular weight is 981 g/mol. The van der Waals surface area contributed by atoms with Crippen LogP contribution in [-0.2, 0) is 23.7 Å². The van der Waals surface area contributed by atoms with Crippen LogP contribution in [-0.4, -0.2) is 89.6 Å². The third-order valence-electron chi connectivity index (χ3n) is 12.5. The number of allylic oxidation sites excluding steroid dienone is 16. The molecule has 1 saturated heterocycles. The van der Waals surface area contributed by atoms with E-state index in [0.29, 0.717) is 13.0 Å². The molecule has 0 spiro atoms. The third-order valence-corrected chi connectivity index (χ3v) is 12.5. The zero-order valence-electron chi connectivity index (χ0n) is 44.5. The molecule has 0 aromatic rings. The minimum Gasteiger partial charge on any atom is -0.457 e. The van der Waals surface area contributed by atoms with Gasteiger partial charge in [0.15, 0.2) is 6.29 Å². The molecule has 0 aromatic carbocycles. The van der Waals surface area contributed by atoms with Gasteiger partial charge < -0.3 is 39.4 Å². The minimum absolute atomic E-state index is 0.122. The molecule has 9 nitrogen and oxygen atoms in total. The van der Waals surface area contributed by atoms with Gasteiger partial charge in [0.05, 0.1) is 19.8 Å². The largest absolute Gasteiger partial charge is 0.457 e. The summed E-state index contributed by atoms with van der Waals surface area (Å²) >= 11 is 0. The maximum absolute atomic E-state index is 12.9. The summed E-state index contributed by atoms with van der Waals surface area (Å²) in [6.07, 6.45) is 64.5. The standard InChI is InChI=1S/C61H104O9/c1-3-5-7-9-11-13-15-17-19-21-23-25-26-27-28-29-31-33-35-37-39-41-43-45-47-49-51-67-53-55(54-68-61-60(66)59(65)58(64)56(52-62)70-61)69-57(63)50-48-46-44-42-40-38-36-34-32-30-24-22-20-18-16-14-12-10-8-6-4-2/h5-8,11-14,17-20,23-25,30,55-56,58-62,64-66H,3-4,9-10,15-16,21-22,26-29,31-54H2,1-2H3/b7-5-,8-6-,13-11-,14-12-,19-17-,20-18-,25-23-,30-24-. The van der Waals surface area contributed by atoms with E-state index in [1.807, 2.05) is 0 Å². The molecular weight excluding hydrogens is 877 g/mol. The van der Waals surface area contributed by atoms with Gasteiger partial charge in [-0.1, -0.05) is 220 Å². The van der Waals surface area contributed by atoms with Gasteiger partial charge in [0.25, 0.3) is 0 Å². The normalized spacial score (nSPS) is 19.7. The number of carbonyl (C=O) groups excluding carboxylic acids is 1. The van der Waals surface area contributed by atoms with Gasteiger partial charge in [-0.25, -0.2) is 0 Å². The lowest BCUT2D eigenvalue weighted by atomic mass is 9.99. The summed E-state index contributed by atoms with van der Waals surface area (Å²) in [5.74, 6) is -0.324. The number of hydrogen-bond acceptors (Lipinski definition) is 9. The van der Waals surface area contributed by atoms with Crippen LogP contribution in [0.3, 0.4) is 0 Å². The van der Waals surface area contributed by atoms with Crippen molar-refractivity contribution in [2.75, 3.05) is 26.4 Å². The summed E-state index contributed by atoms with van der Waals surface area (Å²) in [4.78, 5) is 12.9. The van der Waals surface area contributed by atoms with E-state index >= 15 is 0 Å². The van der Waals surface area contributed by atoms with Crippen molar-refractivity contribution in [2.45, 2.75) is 256 Å². The molecule has 6 unspecified atom stereocenters. The number of unbranched alkanes of at least 4 members (excludes halogenated alkanes) is 21. The molecule has 9 heteroatoms. The first-order chi connectivity index (χ1) is 34.4. The third kappa shape index (κ3) is 40.7. The number of ether oxygens (including phenoxy) is 4. The van der Waals surface area contributed by atoms with E-state index in [0.717, 1.165) is 96.3 Å². The van der Waals surface area contributed by atoms with Gasteiger partial charge in [0.1, 0.15) is 30.5 Å². The lowest BCUT2D eigenvalue weighted by Gasteiger charge is -2.39. The minimum atomic E-state index is -1.54. The summed E-state index contributed by atoms with van der Waals surface area (Å²) in [5.41, 5.74) is 0. The van der Waals surface area contributed by atoms with Crippen LogP contribution in [0, 0.1) is 0 Å². The molecule has 1 rings (SSSR count). The summed E-state index contributed by atoms with van der Waals surface area (Å²) in [6.45, 7) is 4.33. The lowest BCUT2D eigenvalue weighted by Crippen LogP contribution is -2.59. The van der Waals surface area contributed by atoms with Gasteiger partial charge in [-0.2, -0.15) is 0 Å². The predicted octanol–water partition coefficient (Wildman–Crippen LogP) is 14.7. The van der Waals surface area contributed by atoms with E-state index in [2.05, 4.69) is 111 Å². The summed E-state index contributed by atoms with van der Waals surface area (Å²) < 4.78 is 23.0. The fourth-order valence-corrected chi connectivity index (χ4v) is 8.18. The summed E-state index contributed by atoms with van der Waals surface area (Å²) in [6, 6.07) is 0. The highest BCUT2D eigenvalue weighted by Crippen LogP contribution is 2.23. The van der Waals surface area contributed by atoms with Crippen molar-refractivity contribution in [3.8, 4) is 0 Å². The van der Waals surface area contributed by atoms with Crippen molar-refractivity contribution >= 4 is 5.97 Å². The van der Waals surface area contributed by atoms with Gasteiger partial charge in [-0.3, -0.25) is 4.79 Å². The molecule has 1 fully saturated rings. The molecule has 0 aliphatic carbocycles. The molecule has 0 saturated carbocycles. The fraction of sp³-hybridized carbons (Fsp3) is 0.721. The van der Waals surface area contributed by atoms with Crippen LogP contribution in [0.15, 0.2) is 97.2 Å². The Balaban J connectivity index is 2.17. The van der Waals surface area contributed by atoms with Gasteiger partial charge >= 0.3 is 5.97 Å². The maximum Gasteiger partial charge on any atom is 0.306 e. The predicted molar refractivity (Wildman–Crippen MR) is 293 cm³/mol. The molecule has 0 aromatic heterocycles. The van der Waals surface area contributed by atoms with Gasteiger partial charge in [0, 0.05) is 13.0 Å². The first-order valence-electron chi connectivity index (χ1n) is 28.3. The molecule has 70 heavy (non-hydrogen) atoms. The Labute approximate surface area is 428 Å². The topological polar surface area (TPSA) is 135 Å². The molecule has 1 aliphatic rings. The van der Waals surface area contributed by atoms with Crippen molar-refractivity contribution in [2.24, 2.45) is 0 Å². The van der Waals surface area contributed by atoms with E-state index in [9.17, 15) is 25.2 Å². The summed E-state index contributed by atoms with van der Waals surface area (Å²) in [7, 11) is 0. The van der Waals surface area contributed by atoms with Crippen molar-refractivity contribution in [3.63, 3.8) is 0 Å². The highest BCUT2D eigenvalue weighted by molar-refractivity contribution is 5.69. The highest BCUT2D eigenvalue weighted by atomic mass is 16.7. The van der Waals surface area contributed by atoms with Crippen molar-refractivity contribution < 1.29 is 44.2 Å². The number of carbonyl (C=O) groups is 1.